The van der Waals surface area contributed by atoms with E-state index in [4.69, 9.17) is 9.15 Å². The number of anilines is 1. The van der Waals surface area contributed by atoms with Crippen molar-refractivity contribution in [1.29, 1.82) is 0 Å². The number of hydrogen-bond donors (Lipinski definition) is 2. The molecular formula is C17H23N3O4. The maximum Gasteiger partial charge on any atom is 0.419 e. The van der Waals surface area contributed by atoms with Gasteiger partial charge in [0.15, 0.2) is 5.58 Å². The third-order valence-corrected chi connectivity index (χ3v) is 5.63. The van der Waals surface area contributed by atoms with Crippen molar-refractivity contribution in [3.63, 3.8) is 0 Å². The second kappa shape index (κ2) is 5.37. The molecule has 1 aliphatic carbocycles. The zero-order valence-corrected chi connectivity index (χ0v) is 14.6. The molecule has 0 aliphatic heterocycles. The molecule has 0 unspecified atom stereocenters. The van der Waals surface area contributed by atoms with Crippen molar-refractivity contribution in [2.75, 3.05) is 12.4 Å². The summed E-state index contributed by atoms with van der Waals surface area (Å²) in [7, 11) is 3.33. The third-order valence-electron chi connectivity index (χ3n) is 5.63. The molecule has 2 amide bonds. The van der Waals surface area contributed by atoms with Gasteiger partial charge in [0, 0.05) is 37.4 Å². The number of aryl methyl sites for hydroxylation is 1. The van der Waals surface area contributed by atoms with E-state index in [1.807, 2.05) is 0 Å². The van der Waals surface area contributed by atoms with Crippen LogP contribution in [0, 0.1) is 5.41 Å². The first kappa shape index (κ1) is 16.6. The van der Waals surface area contributed by atoms with Gasteiger partial charge in [0.25, 0.3) is 0 Å². The predicted molar refractivity (Wildman–Crippen MR) is 91.2 cm³/mol. The van der Waals surface area contributed by atoms with E-state index in [2.05, 4.69) is 31.4 Å². The van der Waals surface area contributed by atoms with E-state index in [1.165, 1.54) is 4.57 Å². The molecule has 1 heterocycles. The number of rotatable bonds is 3. The Kier molecular flexibility index (Phi) is 3.71. The Bertz CT molecular complexity index is 851. The van der Waals surface area contributed by atoms with Crippen LogP contribution < -0.4 is 16.4 Å². The Morgan fingerprint density at radius 2 is 2.08 bits per heavy atom. The molecule has 0 spiro atoms. The summed E-state index contributed by atoms with van der Waals surface area (Å²) in [5.74, 6) is -0.429. The smallest absolute Gasteiger partial charge is 0.408 e. The Labute approximate surface area is 140 Å². The number of urea groups is 1. The number of nitrogens with zero attached hydrogens (tertiary/aromatic N) is 1. The van der Waals surface area contributed by atoms with Crippen molar-refractivity contribution in [3.8, 4) is 0 Å². The predicted octanol–water partition coefficient (Wildman–Crippen LogP) is 2.46. The fourth-order valence-electron chi connectivity index (χ4n) is 3.26. The molecule has 130 valence electrons. The molecule has 3 rings (SSSR count). The first-order valence-electron chi connectivity index (χ1n) is 7.90. The number of benzene rings is 1. The van der Waals surface area contributed by atoms with Crippen LogP contribution in [0.25, 0.3) is 11.1 Å². The molecule has 2 atom stereocenters. The Morgan fingerprint density at radius 3 is 2.71 bits per heavy atom. The van der Waals surface area contributed by atoms with E-state index in [1.54, 1.807) is 32.4 Å². The molecule has 1 aliphatic rings. The van der Waals surface area contributed by atoms with Gasteiger partial charge in [-0.2, -0.15) is 0 Å². The fraction of sp³-hybridized carbons (Fsp3) is 0.529. The number of ether oxygens (including phenoxy) is 1. The van der Waals surface area contributed by atoms with E-state index in [9.17, 15) is 9.59 Å². The second-order valence-corrected chi connectivity index (χ2v) is 7.12. The standard InChI is InChI=1S/C17H23N3O4/c1-16(2)13(9-17(16,3)23-5)19-14(21)18-10-6-7-11-12(8-10)24-15(22)20(11)4/h6-8,13H,9H2,1-5H3,(H2,18,19,21)/t13-,17+/m0/s1. The lowest BCUT2D eigenvalue weighted by Gasteiger charge is -2.59. The largest absolute Gasteiger partial charge is 0.419 e. The lowest BCUT2D eigenvalue weighted by atomic mass is 9.56. The molecule has 0 radical (unpaired) electrons. The van der Waals surface area contributed by atoms with E-state index in [0.717, 1.165) is 6.42 Å². The monoisotopic (exact) mass is 333 g/mol. The molecule has 0 saturated heterocycles. The van der Waals surface area contributed by atoms with Crippen molar-refractivity contribution in [2.24, 2.45) is 12.5 Å². The molecule has 1 saturated carbocycles. The second-order valence-electron chi connectivity index (χ2n) is 7.12. The normalized spacial score (nSPS) is 25.3. The number of oxazole rings is 1. The number of hydrogen-bond acceptors (Lipinski definition) is 4. The summed E-state index contributed by atoms with van der Waals surface area (Å²) in [4.78, 5) is 23.8. The minimum atomic E-state index is -0.429. The summed E-state index contributed by atoms with van der Waals surface area (Å²) in [6.45, 7) is 6.21. The summed E-state index contributed by atoms with van der Waals surface area (Å²) in [6, 6.07) is 4.86. The lowest BCUT2D eigenvalue weighted by Crippen LogP contribution is -2.68. The molecule has 7 heteroatoms. The van der Waals surface area contributed by atoms with Gasteiger partial charge in [-0.3, -0.25) is 4.57 Å². The summed E-state index contributed by atoms with van der Waals surface area (Å²) in [6.07, 6.45) is 0.760. The fourth-order valence-corrected chi connectivity index (χ4v) is 3.26. The van der Waals surface area contributed by atoms with Crippen LogP contribution in [0.1, 0.15) is 27.2 Å². The van der Waals surface area contributed by atoms with Crippen LogP contribution in [0.5, 0.6) is 0 Å². The van der Waals surface area contributed by atoms with Crippen LogP contribution in [0.2, 0.25) is 0 Å². The lowest BCUT2D eigenvalue weighted by molar-refractivity contribution is -0.177. The zero-order chi connectivity index (χ0) is 17.7. The topological polar surface area (TPSA) is 85.5 Å². The average Bonchev–Trinajstić information content (AvgIpc) is 2.80. The van der Waals surface area contributed by atoms with Crippen LogP contribution in [0.3, 0.4) is 0 Å². The van der Waals surface area contributed by atoms with Crippen molar-refractivity contribution in [3.05, 3.63) is 28.7 Å². The van der Waals surface area contributed by atoms with E-state index in [0.29, 0.717) is 16.8 Å². The van der Waals surface area contributed by atoms with Crippen LogP contribution in [0.15, 0.2) is 27.4 Å². The van der Waals surface area contributed by atoms with Crippen LogP contribution in [-0.4, -0.2) is 29.4 Å². The zero-order valence-electron chi connectivity index (χ0n) is 14.6. The van der Waals surface area contributed by atoms with Crippen LogP contribution in [-0.2, 0) is 11.8 Å². The van der Waals surface area contributed by atoms with Crippen molar-refractivity contribution >= 4 is 22.8 Å². The number of carbonyl (C=O) groups is 1. The third kappa shape index (κ3) is 2.39. The van der Waals surface area contributed by atoms with Gasteiger partial charge >= 0.3 is 11.8 Å². The number of nitrogens with one attached hydrogen (secondary N) is 2. The van der Waals surface area contributed by atoms with Gasteiger partial charge < -0.3 is 19.8 Å². The molecular weight excluding hydrogens is 310 g/mol. The quantitative estimate of drug-likeness (QED) is 0.903. The minimum absolute atomic E-state index is 0.0286. The number of carbonyl (C=O) groups excluding carboxylic acids is 1. The summed E-state index contributed by atoms with van der Waals surface area (Å²) >= 11 is 0. The summed E-state index contributed by atoms with van der Waals surface area (Å²) in [5, 5.41) is 5.76. The number of methoxy groups -OCH3 is 1. The maximum absolute atomic E-state index is 12.3. The number of fused-ring (bicyclic) bond motifs is 1. The highest BCUT2D eigenvalue weighted by Crippen LogP contribution is 2.51. The van der Waals surface area contributed by atoms with E-state index in [-0.39, 0.29) is 23.1 Å². The molecule has 0 bridgehead atoms. The molecule has 2 N–H and O–H groups in total. The summed E-state index contributed by atoms with van der Waals surface area (Å²) in [5.41, 5.74) is 1.30. The van der Waals surface area contributed by atoms with Crippen LogP contribution in [0.4, 0.5) is 10.5 Å². The molecule has 7 nitrogen and oxygen atoms in total. The Hall–Kier alpha value is -2.28. The van der Waals surface area contributed by atoms with Gasteiger partial charge in [-0.05, 0) is 25.5 Å². The van der Waals surface area contributed by atoms with Crippen molar-refractivity contribution in [1.82, 2.24) is 9.88 Å². The Morgan fingerprint density at radius 1 is 1.38 bits per heavy atom. The number of amides is 2. The molecule has 1 aromatic carbocycles. The maximum atomic E-state index is 12.3. The molecule has 2 aromatic rings. The SMILES string of the molecule is CO[C@]1(C)C[C@H](NC(=O)Nc2ccc3c(c2)oc(=O)n3C)C1(C)C. The highest BCUT2D eigenvalue weighted by molar-refractivity contribution is 5.91. The van der Waals surface area contributed by atoms with Gasteiger partial charge in [-0.15, -0.1) is 0 Å². The van der Waals surface area contributed by atoms with Crippen molar-refractivity contribution in [2.45, 2.75) is 38.8 Å². The first-order chi connectivity index (χ1) is 11.2. The highest BCUT2D eigenvalue weighted by Gasteiger charge is 2.58. The number of aromatic nitrogens is 1. The summed E-state index contributed by atoms with van der Waals surface area (Å²) < 4.78 is 12.1. The van der Waals surface area contributed by atoms with Gasteiger partial charge in [0.05, 0.1) is 11.1 Å². The van der Waals surface area contributed by atoms with E-state index < -0.39 is 5.76 Å². The molecule has 1 aromatic heterocycles. The average molecular weight is 333 g/mol. The van der Waals surface area contributed by atoms with E-state index >= 15 is 0 Å². The van der Waals surface area contributed by atoms with Gasteiger partial charge in [-0.25, -0.2) is 9.59 Å². The van der Waals surface area contributed by atoms with Crippen LogP contribution >= 0.6 is 0 Å². The molecule has 1 fully saturated rings. The van der Waals surface area contributed by atoms with Gasteiger partial charge in [0.1, 0.15) is 0 Å². The Balaban J connectivity index is 1.69. The first-order valence-corrected chi connectivity index (χ1v) is 7.90. The highest BCUT2D eigenvalue weighted by atomic mass is 16.5. The van der Waals surface area contributed by atoms with Gasteiger partial charge in [-0.1, -0.05) is 13.8 Å². The molecule has 24 heavy (non-hydrogen) atoms. The van der Waals surface area contributed by atoms with Crippen molar-refractivity contribution < 1.29 is 13.9 Å². The van der Waals surface area contributed by atoms with Gasteiger partial charge in [0.2, 0.25) is 0 Å². The minimum Gasteiger partial charge on any atom is -0.408 e.